The monoisotopic (exact) mass is 364 g/mol. The van der Waals surface area contributed by atoms with Gasteiger partial charge < -0.3 is 29.2 Å². The molecule has 140 valence electrons. The van der Waals surface area contributed by atoms with E-state index in [1.807, 2.05) is 6.92 Å². The molecule has 4 aliphatic heterocycles. The van der Waals surface area contributed by atoms with Crippen LogP contribution in [0.25, 0.3) is 0 Å². The third-order valence-electron chi connectivity index (χ3n) is 7.70. The van der Waals surface area contributed by atoms with E-state index in [2.05, 4.69) is 0 Å². The van der Waals surface area contributed by atoms with Gasteiger partial charge in [0.2, 0.25) is 0 Å². The van der Waals surface area contributed by atoms with Crippen LogP contribution in [0.15, 0.2) is 11.6 Å². The van der Waals surface area contributed by atoms with Gasteiger partial charge in [-0.2, -0.15) is 0 Å². The standard InChI is InChI=1S/C18H20O8/c1-5(19)12-18-6(4-7(20)23-12)16(2)10-8(14(18)26-18)25-15(22)17(10,3)11(21)9-13(16)24-9/h4-5,8-14,19,21H,1-3H3/t5-,8-,9+,10+,11-,12+,13+,14+,16+,17+,18+/m0/s1. The average Bonchev–Trinajstić information content (AvgIpc) is 3.46. The Balaban J connectivity index is 1.60. The molecule has 1 spiro atoms. The number of carbonyl (C=O) groups excluding carboxylic acids is 2. The predicted octanol–water partition coefficient (Wildman–Crippen LogP) is -0.934. The van der Waals surface area contributed by atoms with E-state index in [0.29, 0.717) is 5.57 Å². The Hall–Kier alpha value is -1.48. The van der Waals surface area contributed by atoms with Gasteiger partial charge in [-0.15, -0.1) is 0 Å². The van der Waals surface area contributed by atoms with Crippen LogP contribution in [0.4, 0.5) is 0 Å². The van der Waals surface area contributed by atoms with Crippen LogP contribution in [-0.4, -0.2) is 70.5 Å². The largest absolute Gasteiger partial charge is 0.459 e. The number of ether oxygens (including phenoxy) is 4. The van der Waals surface area contributed by atoms with Crippen molar-refractivity contribution in [3.8, 4) is 0 Å². The summed E-state index contributed by atoms with van der Waals surface area (Å²) in [5.74, 6) is -1.39. The maximum atomic E-state index is 12.8. The number of epoxide rings is 2. The Bertz CT molecular complexity index is 805. The number of hydrogen-bond acceptors (Lipinski definition) is 8. The minimum absolute atomic E-state index is 0.332. The maximum absolute atomic E-state index is 12.8. The lowest BCUT2D eigenvalue weighted by Gasteiger charge is -2.53. The molecule has 0 aromatic carbocycles. The van der Waals surface area contributed by atoms with Gasteiger partial charge in [-0.25, -0.2) is 4.79 Å². The van der Waals surface area contributed by atoms with Crippen LogP contribution < -0.4 is 0 Å². The summed E-state index contributed by atoms with van der Waals surface area (Å²) in [4.78, 5) is 25.0. The number of cyclic esters (lactones) is 1. The lowest BCUT2D eigenvalue weighted by molar-refractivity contribution is -0.158. The van der Waals surface area contributed by atoms with E-state index in [1.165, 1.54) is 6.08 Å². The van der Waals surface area contributed by atoms with E-state index in [9.17, 15) is 19.8 Å². The third kappa shape index (κ3) is 1.30. The second kappa shape index (κ2) is 4.01. The summed E-state index contributed by atoms with van der Waals surface area (Å²) < 4.78 is 23.0. The Labute approximate surface area is 149 Å². The molecule has 26 heavy (non-hydrogen) atoms. The van der Waals surface area contributed by atoms with Crippen molar-refractivity contribution in [2.45, 2.75) is 69.1 Å². The topological polar surface area (TPSA) is 118 Å². The summed E-state index contributed by atoms with van der Waals surface area (Å²) in [5, 5.41) is 21.0. The first-order valence-corrected chi connectivity index (χ1v) is 9.02. The molecular formula is C18H20O8. The van der Waals surface area contributed by atoms with Crippen LogP contribution in [0.5, 0.6) is 0 Å². The van der Waals surface area contributed by atoms with Crippen molar-refractivity contribution < 1.29 is 38.7 Å². The van der Waals surface area contributed by atoms with Crippen molar-refractivity contribution in [3.05, 3.63) is 11.6 Å². The molecular weight excluding hydrogens is 344 g/mol. The molecule has 3 saturated heterocycles. The zero-order valence-electron chi connectivity index (χ0n) is 14.5. The Morgan fingerprint density at radius 2 is 1.85 bits per heavy atom. The molecule has 0 aromatic rings. The quantitative estimate of drug-likeness (QED) is 0.452. The molecule has 5 fully saturated rings. The van der Waals surface area contributed by atoms with Crippen molar-refractivity contribution >= 4 is 11.9 Å². The molecule has 8 nitrogen and oxygen atoms in total. The van der Waals surface area contributed by atoms with Gasteiger partial charge in [0.05, 0.1) is 18.3 Å². The zero-order chi connectivity index (χ0) is 18.4. The molecule has 2 saturated carbocycles. The van der Waals surface area contributed by atoms with Gasteiger partial charge in [0.15, 0.2) is 11.7 Å². The maximum Gasteiger partial charge on any atom is 0.331 e. The third-order valence-corrected chi connectivity index (χ3v) is 7.70. The molecule has 0 amide bonds. The fraction of sp³-hybridized carbons (Fsp3) is 0.778. The van der Waals surface area contributed by atoms with Gasteiger partial charge in [0.25, 0.3) is 0 Å². The fourth-order valence-corrected chi connectivity index (χ4v) is 6.57. The van der Waals surface area contributed by atoms with Gasteiger partial charge in [0.1, 0.15) is 23.7 Å². The Morgan fingerprint density at radius 3 is 2.54 bits per heavy atom. The molecule has 4 heterocycles. The number of esters is 2. The van der Waals surface area contributed by atoms with Crippen molar-refractivity contribution in [3.63, 3.8) is 0 Å². The number of aliphatic hydroxyl groups is 2. The predicted molar refractivity (Wildman–Crippen MR) is 81.5 cm³/mol. The van der Waals surface area contributed by atoms with Gasteiger partial charge in [0, 0.05) is 17.4 Å². The van der Waals surface area contributed by atoms with Gasteiger partial charge >= 0.3 is 11.9 Å². The lowest BCUT2D eigenvalue weighted by Crippen LogP contribution is -2.66. The van der Waals surface area contributed by atoms with Crippen LogP contribution in [0, 0.1) is 16.7 Å². The zero-order valence-corrected chi connectivity index (χ0v) is 14.5. The molecule has 0 unspecified atom stereocenters. The molecule has 6 rings (SSSR count). The second-order valence-corrected chi connectivity index (χ2v) is 8.87. The van der Waals surface area contributed by atoms with Crippen LogP contribution >= 0.6 is 0 Å². The highest BCUT2D eigenvalue weighted by Gasteiger charge is 2.89. The minimum atomic E-state index is -1.13. The SMILES string of the molecule is C[C@H](O)[C@H]1OC(=O)C=C2[C@]3(C)[C@H]4[C@H](OC(=O)[C@@]4(C)[C@@H](O)[C@H]4O[C@H]43)[C@H]3O[C@@]231. The first kappa shape index (κ1) is 15.6. The van der Waals surface area contributed by atoms with E-state index >= 15 is 0 Å². The molecule has 6 aliphatic rings. The second-order valence-electron chi connectivity index (χ2n) is 8.87. The molecule has 8 heteroatoms. The van der Waals surface area contributed by atoms with Crippen molar-refractivity contribution in [2.75, 3.05) is 0 Å². The summed E-state index contributed by atoms with van der Waals surface area (Å²) >= 11 is 0. The van der Waals surface area contributed by atoms with Gasteiger partial charge in [-0.05, 0) is 19.4 Å². The number of fused-ring (bicyclic) bond motifs is 4. The van der Waals surface area contributed by atoms with E-state index in [4.69, 9.17) is 18.9 Å². The molecule has 11 atom stereocenters. The smallest absolute Gasteiger partial charge is 0.331 e. The number of rotatable bonds is 1. The fourth-order valence-electron chi connectivity index (χ4n) is 6.57. The van der Waals surface area contributed by atoms with E-state index in [-0.39, 0.29) is 12.0 Å². The lowest BCUT2D eigenvalue weighted by atomic mass is 9.46. The Morgan fingerprint density at radius 1 is 1.12 bits per heavy atom. The summed E-state index contributed by atoms with van der Waals surface area (Å²) in [5.41, 5.74) is -2.16. The van der Waals surface area contributed by atoms with Crippen LogP contribution in [0.2, 0.25) is 0 Å². The summed E-state index contributed by atoms with van der Waals surface area (Å²) in [6.07, 6.45) is -3.24. The van der Waals surface area contributed by atoms with Gasteiger partial charge in [-0.1, -0.05) is 6.92 Å². The molecule has 2 N–H and O–H groups in total. The first-order chi connectivity index (χ1) is 12.2. The minimum Gasteiger partial charge on any atom is -0.459 e. The Kier molecular flexibility index (Phi) is 2.40. The molecule has 0 radical (unpaired) electrons. The number of carbonyl (C=O) groups is 2. The molecule has 2 aliphatic carbocycles. The van der Waals surface area contributed by atoms with Gasteiger partial charge in [-0.3, -0.25) is 4.79 Å². The average molecular weight is 364 g/mol. The summed E-state index contributed by atoms with van der Waals surface area (Å²) in [6.45, 7) is 5.21. The highest BCUT2D eigenvalue weighted by Crippen LogP contribution is 2.75. The van der Waals surface area contributed by atoms with Crippen LogP contribution in [-0.2, 0) is 28.5 Å². The van der Waals surface area contributed by atoms with Crippen molar-refractivity contribution in [1.82, 2.24) is 0 Å². The van der Waals surface area contributed by atoms with E-state index in [1.54, 1.807) is 13.8 Å². The van der Waals surface area contributed by atoms with E-state index < -0.39 is 65.0 Å². The summed E-state index contributed by atoms with van der Waals surface area (Å²) in [6, 6.07) is 0. The highest BCUT2D eigenvalue weighted by molar-refractivity contribution is 5.88. The van der Waals surface area contributed by atoms with Crippen LogP contribution in [0.1, 0.15) is 20.8 Å². The molecule has 0 bridgehead atoms. The first-order valence-electron chi connectivity index (χ1n) is 9.02. The van der Waals surface area contributed by atoms with Crippen LogP contribution in [0.3, 0.4) is 0 Å². The highest BCUT2D eigenvalue weighted by atomic mass is 16.7. The number of aliphatic hydroxyl groups excluding tert-OH is 2. The number of hydrogen-bond donors (Lipinski definition) is 2. The normalized spacial score (nSPS) is 61.9. The van der Waals surface area contributed by atoms with Crippen molar-refractivity contribution in [2.24, 2.45) is 16.7 Å². The molecule has 0 aromatic heterocycles. The van der Waals surface area contributed by atoms with Crippen molar-refractivity contribution in [1.29, 1.82) is 0 Å². The summed E-state index contributed by atoms with van der Waals surface area (Å²) in [7, 11) is 0. The van der Waals surface area contributed by atoms with E-state index in [0.717, 1.165) is 0 Å².